The van der Waals surface area contributed by atoms with Gasteiger partial charge in [0.05, 0.1) is 16.6 Å². The lowest BCUT2D eigenvalue weighted by atomic mass is 10.1. The summed E-state index contributed by atoms with van der Waals surface area (Å²) in [6.07, 6.45) is 8.43. The van der Waals surface area contributed by atoms with E-state index in [0.717, 1.165) is 25.7 Å². The Balaban J connectivity index is 1.70. The van der Waals surface area contributed by atoms with Crippen molar-refractivity contribution < 1.29 is 9.59 Å². The van der Waals surface area contributed by atoms with Crippen LogP contribution in [0.1, 0.15) is 44.9 Å². The predicted molar refractivity (Wildman–Crippen MR) is 122 cm³/mol. The highest BCUT2D eigenvalue weighted by Gasteiger charge is 2.42. The van der Waals surface area contributed by atoms with Gasteiger partial charge in [-0.15, -0.1) is 6.58 Å². The van der Waals surface area contributed by atoms with Crippen LogP contribution in [0.5, 0.6) is 0 Å². The third-order valence-corrected chi connectivity index (χ3v) is 7.01. The number of halogens is 2. The fraction of sp³-hybridized carbons (Fsp3) is 0.476. The van der Waals surface area contributed by atoms with Gasteiger partial charge in [0.25, 0.3) is 0 Å². The Morgan fingerprint density at radius 2 is 1.97 bits per heavy atom. The lowest BCUT2D eigenvalue weighted by Crippen LogP contribution is -2.41. The second-order valence-electron chi connectivity index (χ2n) is 7.25. The van der Waals surface area contributed by atoms with Crippen molar-refractivity contribution in [3.63, 3.8) is 0 Å². The molecular formula is C21H25Cl2N3O2S. The van der Waals surface area contributed by atoms with Crippen molar-refractivity contribution in [1.29, 1.82) is 0 Å². The first-order valence-electron chi connectivity index (χ1n) is 9.89. The van der Waals surface area contributed by atoms with Crippen molar-refractivity contribution in [3.05, 3.63) is 40.9 Å². The van der Waals surface area contributed by atoms with Gasteiger partial charge in [-0.1, -0.05) is 66.7 Å². The van der Waals surface area contributed by atoms with Crippen LogP contribution in [0.4, 0.5) is 5.69 Å². The Labute approximate surface area is 185 Å². The molecule has 1 aromatic rings. The third kappa shape index (κ3) is 5.77. The van der Waals surface area contributed by atoms with Crippen LogP contribution in [0.3, 0.4) is 0 Å². The third-order valence-electron chi connectivity index (χ3n) is 5.09. The maximum atomic E-state index is 13.2. The van der Waals surface area contributed by atoms with Gasteiger partial charge in [-0.2, -0.15) is 0 Å². The van der Waals surface area contributed by atoms with E-state index in [1.54, 1.807) is 24.3 Å². The first kappa shape index (κ1) is 22.2. The molecule has 1 saturated heterocycles. The number of carbonyl (C=O) groups is 2. The molecule has 1 heterocycles. The summed E-state index contributed by atoms with van der Waals surface area (Å²) >= 11 is 13.3. The number of amidine groups is 1. The molecule has 1 N–H and O–H groups in total. The molecule has 8 heteroatoms. The maximum Gasteiger partial charge on any atom is 0.242 e. The molecule has 1 aliphatic carbocycles. The summed E-state index contributed by atoms with van der Waals surface area (Å²) in [4.78, 5) is 32.1. The van der Waals surface area contributed by atoms with Crippen LogP contribution in [0, 0.1) is 0 Å². The quantitative estimate of drug-likeness (QED) is 0.454. The molecule has 0 bridgehead atoms. The van der Waals surface area contributed by atoms with Crippen LogP contribution in [-0.2, 0) is 9.59 Å². The predicted octanol–water partition coefficient (Wildman–Crippen LogP) is 5.53. The van der Waals surface area contributed by atoms with E-state index >= 15 is 0 Å². The molecule has 0 spiro atoms. The number of aliphatic imine (C=N–C) groups is 1. The van der Waals surface area contributed by atoms with Gasteiger partial charge < -0.3 is 5.32 Å². The highest BCUT2D eigenvalue weighted by molar-refractivity contribution is 8.15. The van der Waals surface area contributed by atoms with Crippen molar-refractivity contribution in [3.8, 4) is 0 Å². The van der Waals surface area contributed by atoms with Gasteiger partial charge in [0.2, 0.25) is 11.8 Å². The summed E-state index contributed by atoms with van der Waals surface area (Å²) in [7, 11) is 0. The summed E-state index contributed by atoms with van der Waals surface area (Å²) in [6, 6.07) is 5.08. The van der Waals surface area contributed by atoms with E-state index in [1.807, 2.05) is 4.90 Å². The van der Waals surface area contributed by atoms with Crippen molar-refractivity contribution in [1.82, 2.24) is 4.90 Å². The number of hydrogen-bond donors (Lipinski definition) is 1. The minimum atomic E-state index is -0.468. The molecule has 156 valence electrons. The highest BCUT2D eigenvalue weighted by Crippen LogP contribution is 2.35. The van der Waals surface area contributed by atoms with Crippen LogP contribution < -0.4 is 5.32 Å². The van der Waals surface area contributed by atoms with E-state index in [2.05, 4.69) is 16.9 Å². The number of carbonyl (C=O) groups excluding carboxylic acids is 2. The zero-order chi connectivity index (χ0) is 20.8. The standard InChI is InChI=1S/C21H25Cl2N3O2S/c1-2-11-24-21-26(15-7-5-3-4-6-8-15)20(28)18(29-21)13-19(27)25-14-9-10-16(22)17(23)12-14/h2,9-10,12,15,18H,1,3-8,11,13H2,(H,25,27)/t18-/m0/s1. The van der Waals surface area contributed by atoms with Gasteiger partial charge >= 0.3 is 0 Å². The summed E-state index contributed by atoms with van der Waals surface area (Å²) in [6.45, 7) is 4.18. The van der Waals surface area contributed by atoms with E-state index in [1.165, 1.54) is 24.6 Å². The summed E-state index contributed by atoms with van der Waals surface area (Å²) in [5.41, 5.74) is 0.556. The fourth-order valence-corrected chi connectivity index (χ4v) is 5.18. The molecule has 0 unspecified atom stereocenters. The molecular weight excluding hydrogens is 429 g/mol. The van der Waals surface area contributed by atoms with E-state index in [-0.39, 0.29) is 24.3 Å². The number of hydrogen-bond acceptors (Lipinski definition) is 4. The normalized spacial score (nSPS) is 22.0. The van der Waals surface area contributed by atoms with Crippen molar-refractivity contribution in [2.75, 3.05) is 11.9 Å². The van der Waals surface area contributed by atoms with Crippen LogP contribution in [0.15, 0.2) is 35.8 Å². The number of nitrogens with one attached hydrogen (secondary N) is 1. The zero-order valence-electron chi connectivity index (χ0n) is 16.2. The zero-order valence-corrected chi connectivity index (χ0v) is 18.5. The number of amides is 2. The average molecular weight is 454 g/mol. The Morgan fingerprint density at radius 3 is 2.62 bits per heavy atom. The molecule has 5 nitrogen and oxygen atoms in total. The molecule has 1 saturated carbocycles. The van der Waals surface area contributed by atoms with Gasteiger partial charge in [-0.3, -0.25) is 19.5 Å². The molecule has 3 rings (SSSR count). The lowest BCUT2D eigenvalue weighted by molar-refractivity contribution is -0.129. The van der Waals surface area contributed by atoms with Crippen molar-refractivity contribution in [2.24, 2.45) is 4.99 Å². The lowest BCUT2D eigenvalue weighted by Gasteiger charge is -2.26. The Hall–Kier alpha value is -1.50. The largest absolute Gasteiger partial charge is 0.326 e. The number of nitrogens with zero attached hydrogens (tertiary/aromatic N) is 2. The maximum absolute atomic E-state index is 13.2. The molecule has 0 radical (unpaired) electrons. The first-order chi connectivity index (χ1) is 14.0. The minimum absolute atomic E-state index is 0.0194. The summed E-state index contributed by atoms with van der Waals surface area (Å²) in [5.74, 6) is -0.256. The molecule has 29 heavy (non-hydrogen) atoms. The molecule has 1 aliphatic heterocycles. The van der Waals surface area contributed by atoms with Crippen LogP contribution in [0.25, 0.3) is 0 Å². The Kier molecular flexibility index (Phi) is 8.04. The molecule has 2 aliphatic rings. The molecule has 1 atom stereocenters. The topological polar surface area (TPSA) is 61.8 Å². The second-order valence-corrected chi connectivity index (χ2v) is 9.24. The fourth-order valence-electron chi connectivity index (χ4n) is 3.68. The SMILES string of the molecule is C=CCN=C1S[C@@H](CC(=O)Nc2ccc(Cl)c(Cl)c2)C(=O)N1C1CCCCCC1. The smallest absolute Gasteiger partial charge is 0.242 e. The molecule has 2 fully saturated rings. The summed E-state index contributed by atoms with van der Waals surface area (Å²) < 4.78 is 0. The van der Waals surface area contributed by atoms with Gasteiger partial charge in [0.1, 0.15) is 5.25 Å². The van der Waals surface area contributed by atoms with Gasteiger partial charge in [-0.25, -0.2) is 0 Å². The Bertz CT molecular complexity index is 807. The van der Waals surface area contributed by atoms with Crippen molar-refractivity contribution >= 4 is 57.6 Å². The van der Waals surface area contributed by atoms with E-state index in [4.69, 9.17) is 23.2 Å². The highest BCUT2D eigenvalue weighted by atomic mass is 35.5. The Morgan fingerprint density at radius 1 is 1.24 bits per heavy atom. The summed E-state index contributed by atoms with van der Waals surface area (Å²) in [5, 5.41) is 3.84. The number of thioether (sulfide) groups is 1. The van der Waals surface area contributed by atoms with E-state index in [0.29, 0.717) is 27.4 Å². The molecule has 1 aromatic carbocycles. The van der Waals surface area contributed by atoms with Crippen LogP contribution in [0.2, 0.25) is 10.0 Å². The van der Waals surface area contributed by atoms with Gasteiger partial charge in [0, 0.05) is 18.2 Å². The van der Waals surface area contributed by atoms with Crippen molar-refractivity contribution in [2.45, 2.75) is 56.2 Å². The van der Waals surface area contributed by atoms with Crippen LogP contribution >= 0.6 is 35.0 Å². The monoisotopic (exact) mass is 453 g/mol. The van der Waals surface area contributed by atoms with Crippen LogP contribution in [-0.4, -0.2) is 39.7 Å². The second kappa shape index (κ2) is 10.5. The molecule has 0 aromatic heterocycles. The van der Waals surface area contributed by atoms with Gasteiger partial charge in [0.15, 0.2) is 5.17 Å². The first-order valence-corrected chi connectivity index (χ1v) is 11.5. The van der Waals surface area contributed by atoms with E-state index in [9.17, 15) is 9.59 Å². The minimum Gasteiger partial charge on any atom is -0.326 e. The number of rotatable bonds is 6. The van der Waals surface area contributed by atoms with E-state index < -0.39 is 5.25 Å². The average Bonchev–Trinajstić information content (AvgIpc) is 2.87. The molecule has 2 amide bonds. The van der Waals surface area contributed by atoms with Gasteiger partial charge in [-0.05, 0) is 31.0 Å². The number of anilines is 1. The number of benzene rings is 1.